The smallest absolute Gasteiger partial charge is 0.229 e. The van der Waals surface area contributed by atoms with Gasteiger partial charge in [0, 0.05) is 36.9 Å². The van der Waals surface area contributed by atoms with Crippen molar-refractivity contribution in [1.82, 2.24) is 19.9 Å². The largest absolute Gasteiger partial charge is 0.494 e. The molecule has 5 rings (SSSR count). The van der Waals surface area contributed by atoms with Gasteiger partial charge >= 0.3 is 0 Å². The second-order valence-electron chi connectivity index (χ2n) is 8.11. The Kier molecular flexibility index (Phi) is 7.08. The molecule has 0 unspecified atom stereocenters. The van der Waals surface area contributed by atoms with Gasteiger partial charge in [0.2, 0.25) is 5.95 Å². The lowest BCUT2D eigenvalue weighted by molar-refractivity contribution is 0.0358. The number of pyridine rings is 1. The molecule has 1 fully saturated rings. The molecule has 4 aromatic rings. The molecule has 34 heavy (non-hydrogen) atoms. The van der Waals surface area contributed by atoms with E-state index in [1.165, 1.54) is 0 Å². The molecule has 2 N–H and O–H groups in total. The Morgan fingerprint density at radius 2 is 1.76 bits per heavy atom. The van der Waals surface area contributed by atoms with Crippen molar-refractivity contribution < 1.29 is 9.47 Å². The van der Waals surface area contributed by atoms with Crippen molar-refractivity contribution in [2.45, 2.75) is 6.42 Å². The highest BCUT2D eigenvalue weighted by molar-refractivity contribution is 5.82. The first-order valence-electron chi connectivity index (χ1n) is 11.6. The quantitative estimate of drug-likeness (QED) is 0.353. The van der Waals surface area contributed by atoms with E-state index >= 15 is 0 Å². The average molecular weight is 457 g/mol. The molecule has 0 saturated carbocycles. The summed E-state index contributed by atoms with van der Waals surface area (Å²) in [6.45, 7) is 5.43. The minimum Gasteiger partial charge on any atom is -0.494 e. The average Bonchev–Trinajstić information content (AvgIpc) is 2.88. The van der Waals surface area contributed by atoms with Crippen LogP contribution in [0.3, 0.4) is 0 Å². The maximum Gasteiger partial charge on any atom is 0.229 e. The molecule has 174 valence electrons. The third kappa shape index (κ3) is 5.98. The van der Waals surface area contributed by atoms with Crippen molar-refractivity contribution in [3.8, 4) is 5.75 Å². The van der Waals surface area contributed by atoms with Crippen LogP contribution in [0.4, 0.5) is 23.1 Å². The highest BCUT2D eigenvalue weighted by Gasteiger charge is 2.09. The van der Waals surface area contributed by atoms with Crippen molar-refractivity contribution in [3.05, 3.63) is 73.1 Å². The Balaban J connectivity index is 1.13. The van der Waals surface area contributed by atoms with Crippen molar-refractivity contribution in [3.63, 3.8) is 0 Å². The van der Waals surface area contributed by atoms with Gasteiger partial charge in [-0.2, -0.15) is 4.98 Å². The van der Waals surface area contributed by atoms with Gasteiger partial charge in [0.1, 0.15) is 11.6 Å². The van der Waals surface area contributed by atoms with Gasteiger partial charge in [0.15, 0.2) is 0 Å². The molecule has 0 radical (unpaired) electrons. The topological polar surface area (TPSA) is 84.4 Å². The fourth-order valence-electron chi connectivity index (χ4n) is 3.84. The van der Waals surface area contributed by atoms with E-state index < -0.39 is 0 Å². The summed E-state index contributed by atoms with van der Waals surface area (Å²) in [5.41, 5.74) is 2.73. The number of hydrogen-bond acceptors (Lipinski definition) is 8. The molecule has 8 heteroatoms. The number of morpholine rings is 1. The summed E-state index contributed by atoms with van der Waals surface area (Å²) >= 11 is 0. The van der Waals surface area contributed by atoms with Crippen LogP contribution in [-0.2, 0) is 4.74 Å². The van der Waals surface area contributed by atoms with E-state index in [9.17, 15) is 0 Å². The van der Waals surface area contributed by atoms with Gasteiger partial charge < -0.3 is 20.1 Å². The van der Waals surface area contributed by atoms with Crippen LogP contribution < -0.4 is 15.4 Å². The molecule has 8 nitrogen and oxygen atoms in total. The molecule has 1 aliphatic heterocycles. The second kappa shape index (κ2) is 10.9. The van der Waals surface area contributed by atoms with Crippen molar-refractivity contribution in [1.29, 1.82) is 0 Å². The summed E-state index contributed by atoms with van der Waals surface area (Å²) in [5, 5.41) is 7.62. The third-order valence-electron chi connectivity index (χ3n) is 5.62. The van der Waals surface area contributed by atoms with Crippen LogP contribution in [0.5, 0.6) is 5.75 Å². The predicted molar refractivity (Wildman–Crippen MR) is 134 cm³/mol. The summed E-state index contributed by atoms with van der Waals surface area (Å²) in [4.78, 5) is 15.8. The van der Waals surface area contributed by atoms with Gasteiger partial charge in [-0.1, -0.05) is 18.2 Å². The minimum atomic E-state index is 0.512. The van der Waals surface area contributed by atoms with Crippen LogP contribution in [0.15, 0.2) is 73.1 Å². The molecule has 3 heterocycles. The summed E-state index contributed by atoms with van der Waals surface area (Å²) < 4.78 is 11.3. The Morgan fingerprint density at radius 1 is 0.912 bits per heavy atom. The number of para-hydroxylation sites is 1. The normalized spacial score (nSPS) is 14.1. The van der Waals surface area contributed by atoms with Crippen molar-refractivity contribution >= 4 is 34.0 Å². The minimum absolute atomic E-state index is 0.512. The number of rotatable bonds is 9. The Morgan fingerprint density at radius 3 is 2.65 bits per heavy atom. The summed E-state index contributed by atoms with van der Waals surface area (Å²) in [7, 11) is 0. The maximum absolute atomic E-state index is 5.89. The van der Waals surface area contributed by atoms with Gasteiger partial charge in [-0.3, -0.25) is 9.88 Å². The number of nitrogens with zero attached hydrogens (tertiary/aromatic N) is 4. The Labute approximate surface area is 199 Å². The molecule has 0 spiro atoms. The van der Waals surface area contributed by atoms with Crippen molar-refractivity contribution in [2.75, 3.05) is 50.1 Å². The van der Waals surface area contributed by atoms with Gasteiger partial charge in [0.25, 0.3) is 0 Å². The van der Waals surface area contributed by atoms with Gasteiger partial charge in [-0.25, -0.2) is 4.98 Å². The van der Waals surface area contributed by atoms with E-state index in [0.717, 1.165) is 67.3 Å². The Bertz CT molecular complexity index is 1210. The summed E-state index contributed by atoms with van der Waals surface area (Å²) in [5.74, 6) is 2.06. The zero-order chi connectivity index (χ0) is 23.0. The van der Waals surface area contributed by atoms with E-state index in [2.05, 4.69) is 36.6 Å². The number of ether oxygens (including phenoxy) is 2. The number of anilines is 4. The molecule has 2 aromatic carbocycles. The van der Waals surface area contributed by atoms with E-state index in [0.29, 0.717) is 18.4 Å². The Hall–Kier alpha value is -3.75. The van der Waals surface area contributed by atoms with Crippen LogP contribution in [0.1, 0.15) is 6.42 Å². The lowest BCUT2D eigenvalue weighted by Gasteiger charge is -2.26. The zero-order valence-corrected chi connectivity index (χ0v) is 19.0. The first-order chi connectivity index (χ1) is 16.8. The molecule has 0 amide bonds. The summed E-state index contributed by atoms with van der Waals surface area (Å²) in [6, 6.07) is 19.7. The van der Waals surface area contributed by atoms with Crippen LogP contribution in [0, 0.1) is 0 Å². The SMILES string of the molecule is c1ccc2ncc(Nc3ccnc(Nc4ccc(OCCCN5CCOCC5)cc4)n3)cc2c1. The number of aromatic nitrogens is 3. The van der Waals surface area contributed by atoms with Crippen molar-refractivity contribution in [2.24, 2.45) is 0 Å². The molecule has 0 bridgehead atoms. The highest BCUT2D eigenvalue weighted by Crippen LogP contribution is 2.22. The van der Waals surface area contributed by atoms with Gasteiger partial charge in [0.05, 0.1) is 37.2 Å². The number of benzene rings is 2. The first kappa shape index (κ1) is 22.1. The number of hydrogen-bond donors (Lipinski definition) is 2. The number of fused-ring (bicyclic) bond motifs is 1. The predicted octanol–water partition coefficient (Wildman–Crippen LogP) is 4.61. The van der Waals surface area contributed by atoms with Gasteiger partial charge in [-0.05, 0) is 48.9 Å². The fraction of sp³-hybridized carbons (Fsp3) is 0.269. The van der Waals surface area contributed by atoms with Gasteiger partial charge in [-0.15, -0.1) is 0 Å². The first-order valence-corrected chi connectivity index (χ1v) is 11.6. The van der Waals surface area contributed by atoms with Crippen LogP contribution >= 0.6 is 0 Å². The van der Waals surface area contributed by atoms with Crippen LogP contribution in [-0.4, -0.2) is 59.3 Å². The standard InChI is InChI=1S/C26H28N6O2/c1-2-5-24-20(4-1)18-22(19-28-24)29-25-10-11-27-26(31-25)30-21-6-8-23(9-7-21)34-15-3-12-32-13-16-33-17-14-32/h1-2,4-11,18-19H,3,12-17H2,(H2,27,29,30,31). The molecular weight excluding hydrogens is 428 g/mol. The molecule has 0 atom stereocenters. The molecular formula is C26H28N6O2. The summed E-state index contributed by atoms with van der Waals surface area (Å²) in [6.07, 6.45) is 4.52. The van der Waals surface area contributed by atoms with E-state index in [-0.39, 0.29) is 0 Å². The molecule has 1 aliphatic rings. The second-order valence-corrected chi connectivity index (χ2v) is 8.11. The fourth-order valence-corrected chi connectivity index (χ4v) is 3.84. The zero-order valence-electron chi connectivity index (χ0n) is 19.0. The maximum atomic E-state index is 5.89. The van der Waals surface area contributed by atoms with E-state index in [1.807, 2.05) is 54.6 Å². The molecule has 0 aliphatic carbocycles. The molecule has 2 aromatic heterocycles. The van der Waals surface area contributed by atoms with E-state index in [1.54, 1.807) is 12.4 Å². The monoisotopic (exact) mass is 456 g/mol. The van der Waals surface area contributed by atoms with Crippen LogP contribution in [0.2, 0.25) is 0 Å². The molecule has 1 saturated heterocycles. The number of nitrogens with one attached hydrogen (secondary N) is 2. The lowest BCUT2D eigenvalue weighted by atomic mass is 10.2. The van der Waals surface area contributed by atoms with Crippen LogP contribution in [0.25, 0.3) is 10.9 Å². The third-order valence-corrected chi connectivity index (χ3v) is 5.62. The van der Waals surface area contributed by atoms with E-state index in [4.69, 9.17) is 9.47 Å². The highest BCUT2D eigenvalue weighted by atomic mass is 16.5. The lowest BCUT2D eigenvalue weighted by Crippen LogP contribution is -2.37.